The van der Waals surface area contributed by atoms with Gasteiger partial charge in [0.15, 0.2) is 5.57 Å². The summed E-state index contributed by atoms with van der Waals surface area (Å²) in [6.07, 6.45) is 3.40. The number of hydrogen-bond donors (Lipinski definition) is 1. The van der Waals surface area contributed by atoms with Gasteiger partial charge in [-0.05, 0) is 19.3 Å². The SMILES string of the molecule is COC(=O)C1=C(O)C2CCCCC2=NC1=O. The van der Waals surface area contributed by atoms with Crippen LogP contribution in [0, 0.1) is 5.92 Å². The molecule has 5 nitrogen and oxygen atoms in total. The molecule has 1 heterocycles. The van der Waals surface area contributed by atoms with Crippen LogP contribution in [0.2, 0.25) is 0 Å². The molecule has 1 atom stereocenters. The van der Waals surface area contributed by atoms with E-state index in [9.17, 15) is 14.7 Å². The van der Waals surface area contributed by atoms with E-state index in [1.165, 1.54) is 7.11 Å². The number of dihydropyridines is 1. The average Bonchev–Trinajstić information content (AvgIpc) is 2.28. The Morgan fingerprint density at radius 1 is 1.50 bits per heavy atom. The van der Waals surface area contributed by atoms with Crippen molar-refractivity contribution in [2.75, 3.05) is 7.11 Å². The highest BCUT2D eigenvalue weighted by Gasteiger charge is 2.36. The average molecular weight is 223 g/mol. The van der Waals surface area contributed by atoms with Gasteiger partial charge in [-0.15, -0.1) is 0 Å². The summed E-state index contributed by atoms with van der Waals surface area (Å²) in [4.78, 5) is 26.7. The molecule has 1 unspecified atom stereocenters. The van der Waals surface area contributed by atoms with Gasteiger partial charge in [-0.25, -0.2) is 9.79 Å². The fraction of sp³-hybridized carbons (Fsp3) is 0.545. The number of aliphatic hydroxyl groups is 1. The third kappa shape index (κ3) is 1.62. The van der Waals surface area contributed by atoms with Crippen molar-refractivity contribution in [2.45, 2.75) is 25.7 Å². The second-order valence-corrected chi connectivity index (χ2v) is 3.96. The molecular weight excluding hydrogens is 210 g/mol. The summed E-state index contributed by atoms with van der Waals surface area (Å²) in [6, 6.07) is 0. The molecule has 1 saturated carbocycles. The summed E-state index contributed by atoms with van der Waals surface area (Å²) in [5, 5.41) is 9.91. The van der Waals surface area contributed by atoms with Gasteiger partial charge in [0, 0.05) is 5.71 Å². The molecular formula is C11H13NO4. The zero-order chi connectivity index (χ0) is 11.7. The van der Waals surface area contributed by atoms with Crippen LogP contribution in [0.1, 0.15) is 25.7 Å². The molecule has 0 aromatic heterocycles. The van der Waals surface area contributed by atoms with Crippen molar-refractivity contribution in [3.63, 3.8) is 0 Å². The molecule has 1 aliphatic carbocycles. The Bertz CT molecular complexity index is 408. The quantitative estimate of drug-likeness (QED) is 0.534. The number of nitrogens with zero attached hydrogens (tertiary/aromatic N) is 1. The van der Waals surface area contributed by atoms with E-state index in [4.69, 9.17) is 0 Å². The van der Waals surface area contributed by atoms with Crippen LogP contribution < -0.4 is 0 Å². The van der Waals surface area contributed by atoms with Gasteiger partial charge < -0.3 is 9.84 Å². The Balaban J connectivity index is 2.38. The van der Waals surface area contributed by atoms with Crippen LogP contribution in [0.3, 0.4) is 0 Å². The van der Waals surface area contributed by atoms with E-state index in [1.54, 1.807) is 0 Å². The number of fused-ring (bicyclic) bond motifs is 1. The minimum Gasteiger partial charge on any atom is -0.510 e. The third-order valence-corrected chi connectivity index (χ3v) is 3.01. The molecule has 0 radical (unpaired) electrons. The second-order valence-electron chi connectivity index (χ2n) is 3.96. The Kier molecular flexibility index (Phi) is 2.77. The number of esters is 1. The number of ether oxygens (including phenoxy) is 1. The maximum atomic E-state index is 11.6. The molecule has 0 bridgehead atoms. The maximum Gasteiger partial charge on any atom is 0.347 e. The molecule has 0 spiro atoms. The normalized spacial score (nSPS) is 24.9. The van der Waals surface area contributed by atoms with Gasteiger partial charge in [-0.1, -0.05) is 6.42 Å². The van der Waals surface area contributed by atoms with Crippen molar-refractivity contribution in [3.05, 3.63) is 11.3 Å². The van der Waals surface area contributed by atoms with E-state index in [1.807, 2.05) is 0 Å². The highest BCUT2D eigenvalue weighted by Crippen LogP contribution is 2.32. The topological polar surface area (TPSA) is 76.0 Å². The highest BCUT2D eigenvalue weighted by molar-refractivity contribution is 6.22. The lowest BCUT2D eigenvalue weighted by Crippen LogP contribution is -2.31. The molecule has 1 amide bonds. The molecule has 86 valence electrons. The third-order valence-electron chi connectivity index (χ3n) is 3.01. The van der Waals surface area contributed by atoms with Crippen molar-refractivity contribution in [1.29, 1.82) is 0 Å². The molecule has 16 heavy (non-hydrogen) atoms. The zero-order valence-corrected chi connectivity index (χ0v) is 9.02. The molecule has 2 rings (SSSR count). The summed E-state index contributed by atoms with van der Waals surface area (Å²) in [5.41, 5.74) is 0.388. The van der Waals surface area contributed by atoms with Gasteiger partial charge in [-0.3, -0.25) is 4.79 Å². The standard InChI is InChI=1S/C11H13NO4/c1-16-11(15)8-9(13)6-4-2-3-5-7(6)12-10(8)14/h6,13H,2-5H2,1H3. The summed E-state index contributed by atoms with van der Waals surface area (Å²) in [7, 11) is 1.18. The number of aliphatic hydroxyl groups excluding tert-OH is 1. The van der Waals surface area contributed by atoms with Gasteiger partial charge in [0.2, 0.25) is 0 Å². The van der Waals surface area contributed by atoms with Crippen LogP contribution in [0.25, 0.3) is 0 Å². The number of methoxy groups -OCH3 is 1. The van der Waals surface area contributed by atoms with Gasteiger partial charge in [-0.2, -0.15) is 0 Å². The van der Waals surface area contributed by atoms with Crippen LogP contribution in [-0.4, -0.2) is 29.8 Å². The molecule has 0 aromatic carbocycles. The lowest BCUT2D eigenvalue weighted by molar-refractivity contribution is -0.138. The fourth-order valence-electron chi connectivity index (χ4n) is 2.19. The van der Waals surface area contributed by atoms with E-state index >= 15 is 0 Å². The van der Waals surface area contributed by atoms with Crippen molar-refractivity contribution < 1.29 is 19.4 Å². The minimum absolute atomic E-state index is 0.165. The van der Waals surface area contributed by atoms with Crippen molar-refractivity contribution in [2.24, 2.45) is 10.9 Å². The Morgan fingerprint density at radius 2 is 2.25 bits per heavy atom. The second kappa shape index (κ2) is 4.08. The first-order chi connectivity index (χ1) is 7.65. The van der Waals surface area contributed by atoms with Crippen LogP contribution in [0.4, 0.5) is 0 Å². The van der Waals surface area contributed by atoms with Crippen LogP contribution in [0.5, 0.6) is 0 Å². The van der Waals surface area contributed by atoms with Gasteiger partial charge in [0.05, 0.1) is 13.0 Å². The molecule has 0 saturated heterocycles. The number of aliphatic imine (C=N–C) groups is 1. The lowest BCUT2D eigenvalue weighted by Gasteiger charge is -2.27. The first kappa shape index (κ1) is 10.9. The zero-order valence-electron chi connectivity index (χ0n) is 9.02. The van der Waals surface area contributed by atoms with Gasteiger partial charge in [0.25, 0.3) is 5.91 Å². The summed E-state index contributed by atoms with van der Waals surface area (Å²) >= 11 is 0. The summed E-state index contributed by atoms with van der Waals surface area (Å²) < 4.78 is 4.46. The molecule has 1 fully saturated rings. The first-order valence-corrected chi connectivity index (χ1v) is 5.28. The smallest absolute Gasteiger partial charge is 0.347 e. The molecule has 0 aromatic rings. The summed E-state index contributed by atoms with van der Waals surface area (Å²) in [5.74, 6) is -1.92. The Labute approximate surface area is 92.8 Å². The van der Waals surface area contributed by atoms with Crippen LogP contribution >= 0.6 is 0 Å². The van der Waals surface area contributed by atoms with Crippen LogP contribution in [0.15, 0.2) is 16.3 Å². The van der Waals surface area contributed by atoms with Crippen molar-refractivity contribution in [1.82, 2.24) is 0 Å². The number of amides is 1. The Hall–Kier alpha value is -1.65. The van der Waals surface area contributed by atoms with E-state index in [0.29, 0.717) is 5.71 Å². The van der Waals surface area contributed by atoms with Gasteiger partial charge in [0.1, 0.15) is 5.76 Å². The van der Waals surface area contributed by atoms with Gasteiger partial charge >= 0.3 is 5.97 Å². The van der Waals surface area contributed by atoms with E-state index in [0.717, 1.165) is 25.7 Å². The van der Waals surface area contributed by atoms with E-state index in [-0.39, 0.29) is 17.3 Å². The van der Waals surface area contributed by atoms with Crippen molar-refractivity contribution in [3.8, 4) is 0 Å². The van der Waals surface area contributed by atoms with Crippen LogP contribution in [-0.2, 0) is 14.3 Å². The summed E-state index contributed by atoms with van der Waals surface area (Å²) in [6.45, 7) is 0. The number of hydrogen-bond acceptors (Lipinski definition) is 4. The Morgan fingerprint density at radius 3 is 2.94 bits per heavy atom. The first-order valence-electron chi connectivity index (χ1n) is 5.28. The van der Waals surface area contributed by atoms with E-state index < -0.39 is 11.9 Å². The molecule has 2 aliphatic rings. The molecule has 1 N–H and O–H groups in total. The fourth-order valence-corrected chi connectivity index (χ4v) is 2.19. The molecule has 1 aliphatic heterocycles. The highest BCUT2D eigenvalue weighted by atomic mass is 16.5. The number of allylic oxidation sites excluding steroid dienone is 1. The predicted molar refractivity (Wildman–Crippen MR) is 56.1 cm³/mol. The predicted octanol–water partition coefficient (Wildman–Crippen LogP) is 1.14. The lowest BCUT2D eigenvalue weighted by atomic mass is 9.82. The van der Waals surface area contributed by atoms with Crippen molar-refractivity contribution >= 4 is 17.6 Å². The van der Waals surface area contributed by atoms with E-state index in [2.05, 4.69) is 9.73 Å². The minimum atomic E-state index is -0.809. The number of carbonyl (C=O) groups excluding carboxylic acids is 2. The number of carbonyl (C=O) groups is 2. The monoisotopic (exact) mass is 223 g/mol. The number of rotatable bonds is 1. The maximum absolute atomic E-state index is 11.6. The molecule has 5 heteroatoms. The largest absolute Gasteiger partial charge is 0.510 e.